The quantitative estimate of drug-likeness (QED) is 0.444. The lowest BCUT2D eigenvalue weighted by molar-refractivity contribution is -0.143. The molecule has 1 aromatic carbocycles. The summed E-state index contributed by atoms with van der Waals surface area (Å²) in [6.45, 7) is 0. The van der Waals surface area contributed by atoms with Crippen LogP contribution in [0.2, 0.25) is 0 Å². The highest BCUT2D eigenvalue weighted by Gasteiger charge is 2.37. The minimum atomic E-state index is -5.00. The molecule has 1 amide bonds. The summed E-state index contributed by atoms with van der Waals surface area (Å²) < 4.78 is 77.8. The number of amides is 1. The minimum Gasteiger partial charge on any atom is -0.280 e. The molecule has 3 rings (SSSR count). The highest BCUT2D eigenvalue weighted by atomic mass is 19.4. The van der Waals surface area contributed by atoms with Gasteiger partial charge in [-0.1, -0.05) is 0 Å². The van der Waals surface area contributed by atoms with Crippen molar-refractivity contribution in [2.24, 2.45) is 9.98 Å². The molecule has 156 valence electrons. The molecule has 13 heteroatoms. The maximum absolute atomic E-state index is 13.0. The van der Waals surface area contributed by atoms with Crippen LogP contribution < -0.4 is 10.9 Å². The van der Waals surface area contributed by atoms with Crippen LogP contribution in [-0.4, -0.2) is 27.9 Å². The summed E-state index contributed by atoms with van der Waals surface area (Å²) in [7, 11) is 0. The Kier molecular flexibility index (Phi) is 5.54. The van der Waals surface area contributed by atoms with Gasteiger partial charge in [0.2, 0.25) is 0 Å². The molecule has 0 saturated carbocycles. The molecular formula is C17H10F6N6O. The van der Waals surface area contributed by atoms with Gasteiger partial charge in [0, 0.05) is 24.0 Å². The molecule has 1 aliphatic heterocycles. The molecule has 0 spiro atoms. The highest BCUT2D eigenvalue weighted by molar-refractivity contribution is 6.12. The van der Waals surface area contributed by atoms with E-state index in [1.54, 1.807) is 0 Å². The van der Waals surface area contributed by atoms with Gasteiger partial charge in [-0.3, -0.25) is 20.6 Å². The van der Waals surface area contributed by atoms with Crippen LogP contribution in [0.25, 0.3) is 0 Å². The van der Waals surface area contributed by atoms with E-state index in [1.807, 2.05) is 0 Å². The van der Waals surface area contributed by atoms with Gasteiger partial charge in [0.15, 0.2) is 11.7 Å². The van der Waals surface area contributed by atoms with Crippen molar-refractivity contribution in [3.63, 3.8) is 0 Å². The van der Waals surface area contributed by atoms with Crippen molar-refractivity contribution in [2.45, 2.75) is 12.4 Å². The molecule has 0 fully saturated rings. The van der Waals surface area contributed by atoms with Gasteiger partial charge in [-0.2, -0.15) is 26.3 Å². The summed E-state index contributed by atoms with van der Waals surface area (Å²) >= 11 is 0. The van der Waals surface area contributed by atoms with E-state index < -0.39 is 40.8 Å². The van der Waals surface area contributed by atoms with Crippen LogP contribution in [0.1, 0.15) is 16.7 Å². The van der Waals surface area contributed by atoms with E-state index >= 15 is 0 Å². The third kappa shape index (κ3) is 5.18. The summed E-state index contributed by atoms with van der Waals surface area (Å²) in [4.78, 5) is 27.0. The number of hydrogen-bond acceptors (Lipinski definition) is 6. The van der Waals surface area contributed by atoms with E-state index in [2.05, 4.69) is 30.8 Å². The summed E-state index contributed by atoms with van der Waals surface area (Å²) in [5, 5.41) is 0. The number of benzene rings is 1. The molecule has 0 aliphatic carbocycles. The van der Waals surface area contributed by atoms with Crippen LogP contribution in [0, 0.1) is 0 Å². The van der Waals surface area contributed by atoms with Crippen LogP contribution in [0.4, 0.5) is 32.2 Å². The highest BCUT2D eigenvalue weighted by Crippen LogP contribution is 2.36. The van der Waals surface area contributed by atoms with Crippen molar-refractivity contribution in [3.05, 3.63) is 65.3 Å². The number of halogens is 6. The molecule has 0 unspecified atom stereocenters. The van der Waals surface area contributed by atoms with E-state index in [1.165, 1.54) is 18.6 Å². The first-order valence-corrected chi connectivity index (χ1v) is 7.99. The first-order valence-electron chi connectivity index (χ1n) is 7.99. The van der Waals surface area contributed by atoms with Gasteiger partial charge < -0.3 is 0 Å². The largest absolute Gasteiger partial charge is 0.416 e. The van der Waals surface area contributed by atoms with Crippen LogP contribution in [0.5, 0.6) is 0 Å². The molecule has 1 aromatic heterocycles. The fraction of sp³-hybridized carbons (Fsp3) is 0.118. The van der Waals surface area contributed by atoms with Gasteiger partial charge in [-0.15, -0.1) is 0 Å². The van der Waals surface area contributed by atoms with Crippen LogP contribution in [-0.2, 0) is 17.1 Å². The Morgan fingerprint density at radius 2 is 1.63 bits per heavy atom. The standard InChI is InChI=1S/C17H10F6N6O/c18-16(19,20)10-3-9(4-11(5-10)17(21,22)23)15-26-7-12(27-15)6-14(30)29-28-13-8-24-1-2-25-13/h1-8H,(H,25,28)(H,29,30)/b12-6+. The maximum atomic E-state index is 13.0. The number of aliphatic imine (C=N–C) groups is 2. The SMILES string of the molecule is O=C(/C=C1\C=NC(c2cc(C(F)(F)F)cc(C(F)(F)F)c2)=N1)NNc1cnccn1. The third-order valence-corrected chi connectivity index (χ3v) is 3.56. The van der Waals surface area contributed by atoms with Crippen molar-refractivity contribution >= 4 is 23.8 Å². The van der Waals surface area contributed by atoms with Crippen LogP contribution in [0.3, 0.4) is 0 Å². The topological polar surface area (TPSA) is 91.6 Å². The summed E-state index contributed by atoms with van der Waals surface area (Å²) in [6.07, 6.45) is -3.90. The number of alkyl halides is 6. The number of nitrogens with one attached hydrogen (secondary N) is 2. The van der Waals surface area contributed by atoms with E-state index in [0.717, 1.165) is 12.3 Å². The fourth-order valence-electron chi connectivity index (χ4n) is 2.26. The van der Waals surface area contributed by atoms with Crippen molar-refractivity contribution < 1.29 is 31.1 Å². The molecule has 0 atom stereocenters. The van der Waals surface area contributed by atoms with Crippen molar-refractivity contribution in [3.8, 4) is 0 Å². The molecule has 7 nitrogen and oxygen atoms in total. The second kappa shape index (κ2) is 7.93. The zero-order chi connectivity index (χ0) is 21.9. The predicted octanol–water partition coefficient (Wildman–Crippen LogP) is 3.37. The molecular weight excluding hydrogens is 418 g/mol. The fourth-order valence-corrected chi connectivity index (χ4v) is 2.26. The van der Waals surface area contributed by atoms with Gasteiger partial charge in [0.05, 0.1) is 29.2 Å². The van der Waals surface area contributed by atoms with Crippen molar-refractivity contribution in [2.75, 3.05) is 5.43 Å². The second-order valence-electron chi connectivity index (χ2n) is 5.76. The van der Waals surface area contributed by atoms with Crippen LogP contribution >= 0.6 is 0 Å². The van der Waals surface area contributed by atoms with Crippen molar-refractivity contribution in [1.29, 1.82) is 0 Å². The first-order chi connectivity index (χ1) is 14.0. The van der Waals surface area contributed by atoms with E-state index in [4.69, 9.17) is 0 Å². The normalized spacial score (nSPS) is 15.3. The lowest BCUT2D eigenvalue weighted by Crippen LogP contribution is -2.28. The first kappa shape index (κ1) is 21.0. The molecule has 30 heavy (non-hydrogen) atoms. The molecule has 0 bridgehead atoms. The number of hydrazine groups is 1. The number of amidine groups is 1. The van der Waals surface area contributed by atoms with Gasteiger partial charge >= 0.3 is 12.4 Å². The molecule has 1 aliphatic rings. The summed E-state index contributed by atoms with van der Waals surface area (Å²) in [6, 6.07) is 1.01. The molecule has 0 saturated heterocycles. The molecule has 0 radical (unpaired) electrons. The number of allylic oxidation sites excluding steroid dienone is 1. The zero-order valence-electron chi connectivity index (χ0n) is 14.6. The number of rotatable bonds is 4. The molecule has 2 heterocycles. The number of carbonyl (C=O) groups is 1. The Balaban J connectivity index is 1.82. The van der Waals surface area contributed by atoms with E-state index in [-0.39, 0.29) is 17.6 Å². The Morgan fingerprint density at radius 3 is 2.20 bits per heavy atom. The van der Waals surface area contributed by atoms with E-state index in [9.17, 15) is 31.1 Å². The number of hydrogen-bond donors (Lipinski definition) is 2. The Morgan fingerprint density at radius 1 is 0.967 bits per heavy atom. The van der Waals surface area contributed by atoms with Gasteiger partial charge in [0.1, 0.15) is 0 Å². The number of anilines is 1. The maximum Gasteiger partial charge on any atom is 0.416 e. The summed E-state index contributed by atoms with van der Waals surface area (Å²) in [5.41, 5.74) is 1.14. The third-order valence-electron chi connectivity index (χ3n) is 3.56. The zero-order valence-corrected chi connectivity index (χ0v) is 14.6. The average Bonchev–Trinajstić information content (AvgIpc) is 3.14. The van der Waals surface area contributed by atoms with Gasteiger partial charge in [-0.25, -0.2) is 15.0 Å². The Labute approximate surface area is 164 Å². The predicted molar refractivity (Wildman–Crippen MR) is 93.4 cm³/mol. The number of aromatic nitrogens is 2. The molecule has 2 aromatic rings. The lowest BCUT2D eigenvalue weighted by atomic mass is 10.0. The van der Waals surface area contributed by atoms with Crippen LogP contribution in [0.15, 0.2) is 58.5 Å². The van der Waals surface area contributed by atoms with Gasteiger partial charge in [-0.05, 0) is 18.2 Å². The second-order valence-corrected chi connectivity index (χ2v) is 5.76. The summed E-state index contributed by atoms with van der Waals surface area (Å²) in [5.74, 6) is -0.878. The van der Waals surface area contributed by atoms with E-state index in [0.29, 0.717) is 12.1 Å². The molecule has 2 N–H and O–H groups in total. The number of carbonyl (C=O) groups excluding carboxylic acids is 1. The average molecular weight is 428 g/mol. The lowest BCUT2D eigenvalue weighted by Gasteiger charge is -2.13. The monoisotopic (exact) mass is 428 g/mol. The number of nitrogens with zero attached hydrogens (tertiary/aromatic N) is 4. The smallest absolute Gasteiger partial charge is 0.280 e. The minimum absolute atomic E-state index is 0.00503. The van der Waals surface area contributed by atoms with Gasteiger partial charge in [0.25, 0.3) is 5.91 Å². The Hall–Kier alpha value is -3.77. The Bertz CT molecular complexity index is 1010. The van der Waals surface area contributed by atoms with Crippen molar-refractivity contribution in [1.82, 2.24) is 15.4 Å².